The van der Waals surface area contributed by atoms with E-state index in [0.717, 1.165) is 0 Å². The van der Waals surface area contributed by atoms with Gasteiger partial charge in [0.05, 0.1) is 44.3 Å². The lowest BCUT2D eigenvalue weighted by Crippen LogP contribution is -2.32. The van der Waals surface area contributed by atoms with Crippen molar-refractivity contribution in [2.45, 2.75) is 13.5 Å². The minimum atomic E-state index is -0.277. The van der Waals surface area contributed by atoms with Crippen molar-refractivity contribution in [3.8, 4) is 17.2 Å². The van der Waals surface area contributed by atoms with Crippen LogP contribution in [0.4, 0.5) is 0 Å². The third kappa shape index (κ3) is 4.01. The van der Waals surface area contributed by atoms with E-state index in [-0.39, 0.29) is 18.0 Å². The number of fused-ring (bicyclic) bond motifs is 1. The Morgan fingerprint density at radius 2 is 1.69 bits per heavy atom. The van der Waals surface area contributed by atoms with Crippen LogP contribution in [0.1, 0.15) is 23.1 Å². The van der Waals surface area contributed by atoms with Crippen molar-refractivity contribution in [2.75, 3.05) is 27.9 Å². The number of hydrogen-bond acceptors (Lipinski definition) is 6. The van der Waals surface area contributed by atoms with Crippen LogP contribution in [0.15, 0.2) is 41.2 Å². The minimum Gasteiger partial charge on any atom is -0.496 e. The number of carbonyl (C=O) groups is 1. The number of carbonyl (C=O) groups excluding carboxylic acids is 1. The summed E-state index contributed by atoms with van der Waals surface area (Å²) in [4.78, 5) is 34.3. The van der Waals surface area contributed by atoms with Gasteiger partial charge in [-0.2, -0.15) is 0 Å². The highest BCUT2D eigenvalue weighted by molar-refractivity contribution is 5.97. The number of H-pyrrole nitrogens is 1. The van der Waals surface area contributed by atoms with Gasteiger partial charge in [-0.1, -0.05) is 12.1 Å². The monoisotopic (exact) mass is 397 g/mol. The first-order valence-electron chi connectivity index (χ1n) is 9.09. The van der Waals surface area contributed by atoms with E-state index in [2.05, 4.69) is 9.97 Å². The van der Waals surface area contributed by atoms with Gasteiger partial charge in [-0.3, -0.25) is 9.59 Å². The molecule has 0 aliphatic rings. The number of aromatic nitrogens is 2. The molecule has 0 spiro atoms. The quantitative estimate of drug-likeness (QED) is 0.659. The van der Waals surface area contributed by atoms with Crippen LogP contribution in [0.25, 0.3) is 10.9 Å². The summed E-state index contributed by atoms with van der Waals surface area (Å²) in [6, 6.07) is 10.3. The molecule has 0 aliphatic carbocycles. The number of rotatable bonds is 7. The summed E-state index contributed by atoms with van der Waals surface area (Å²) >= 11 is 0. The summed E-state index contributed by atoms with van der Waals surface area (Å²) in [5, 5.41) is 0.507. The number of hydrogen-bond donors (Lipinski definition) is 1. The zero-order valence-electron chi connectivity index (χ0n) is 16.8. The number of amides is 1. The van der Waals surface area contributed by atoms with Crippen molar-refractivity contribution >= 4 is 16.8 Å². The fourth-order valence-corrected chi connectivity index (χ4v) is 3.08. The molecular formula is C21H23N3O5. The number of nitrogens with one attached hydrogen (secondary N) is 1. The predicted octanol–water partition coefficient (Wildman–Crippen LogP) is 2.61. The van der Waals surface area contributed by atoms with Gasteiger partial charge in [0, 0.05) is 18.7 Å². The van der Waals surface area contributed by atoms with Gasteiger partial charge in [0.1, 0.15) is 11.6 Å². The molecule has 0 fully saturated rings. The zero-order chi connectivity index (χ0) is 21.0. The maximum absolute atomic E-state index is 13.2. The van der Waals surface area contributed by atoms with Crippen molar-refractivity contribution in [2.24, 2.45) is 0 Å². The van der Waals surface area contributed by atoms with E-state index in [1.807, 2.05) is 13.0 Å². The highest BCUT2D eigenvalue weighted by Crippen LogP contribution is 2.35. The molecule has 1 aromatic heterocycles. The van der Waals surface area contributed by atoms with Gasteiger partial charge in [0.2, 0.25) is 0 Å². The number of ether oxygens (including phenoxy) is 3. The van der Waals surface area contributed by atoms with Crippen LogP contribution in [0, 0.1) is 0 Å². The fourth-order valence-electron chi connectivity index (χ4n) is 3.08. The molecule has 1 N–H and O–H groups in total. The van der Waals surface area contributed by atoms with Gasteiger partial charge >= 0.3 is 0 Å². The Balaban J connectivity index is 1.96. The molecule has 1 amide bonds. The van der Waals surface area contributed by atoms with Crippen molar-refractivity contribution in [1.29, 1.82) is 0 Å². The van der Waals surface area contributed by atoms with E-state index < -0.39 is 0 Å². The first kappa shape index (κ1) is 20.2. The van der Waals surface area contributed by atoms with E-state index in [1.54, 1.807) is 35.2 Å². The molecular weight excluding hydrogens is 374 g/mol. The average molecular weight is 397 g/mol. The molecule has 3 aromatic rings. The molecule has 0 saturated carbocycles. The lowest BCUT2D eigenvalue weighted by atomic mass is 10.1. The Hall–Kier alpha value is -3.55. The number of benzene rings is 2. The van der Waals surface area contributed by atoms with Crippen LogP contribution in [0.5, 0.6) is 17.2 Å². The first-order chi connectivity index (χ1) is 14.0. The van der Waals surface area contributed by atoms with Gasteiger partial charge < -0.3 is 24.1 Å². The molecule has 152 valence electrons. The van der Waals surface area contributed by atoms with Crippen molar-refractivity contribution < 1.29 is 19.0 Å². The Labute approximate surface area is 168 Å². The van der Waals surface area contributed by atoms with Crippen molar-refractivity contribution in [3.63, 3.8) is 0 Å². The second-order valence-electron chi connectivity index (χ2n) is 6.26. The van der Waals surface area contributed by atoms with Gasteiger partial charge in [0.15, 0.2) is 11.5 Å². The minimum absolute atomic E-state index is 0.146. The molecule has 1 heterocycles. The maximum atomic E-state index is 13.2. The van der Waals surface area contributed by atoms with Crippen LogP contribution in [0.3, 0.4) is 0 Å². The summed E-state index contributed by atoms with van der Waals surface area (Å²) in [6.07, 6.45) is 0. The van der Waals surface area contributed by atoms with Crippen LogP contribution in [-0.2, 0) is 6.54 Å². The molecule has 8 nitrogen and oxygen atoms in total. The van der Waals surface area contributed by atoms with Crippen molar-refractivity contribution in [1.82, 2.24) is 14.9 Å². The van der Waals surface area contributed by atoms with Crippen LogP contribution < -0.4 is 19.8 Å². The molecule has 8 heteroatoms. The molecule has 0 atom stereocenters. The van der Waals surface area contributed by atoms with E-state index >= 15 is 0 Å². The molecule has 3 rings (SSSR count). The molecule has 0 bridgehead atoms. The van der Waals surface area contributed by atoms with Gasteiger partial charge in [-0.05, 0) is 19.1 Å². The number of aromatic amines is 1. The second-order valence-corrected chi connectivity index (χ2v) is 6.26. The third-order valence-electron chi connectivity index (χ3n) is 4.61. The number of nitrogens with zero attached hydrogens (tertiary/aromatic N) is 2. The highest BCUT2D eigenvalue weighted by atomic mass is 16.5. The lowest BCUT2D eigenvalue weighted by molar-refractivity contribution is 0.0744. The second kappa shape index (κ2) is 8.64. The zero-order valence-corrected chi connectivity index (χ0v) is 16.8. The van der Waals surface area contributed by atoms with E-state index in [0.29, 0.717) is 46.1 Å². The molecule has 2 aromatic carbocycles. The Morgan fingerprint density at radius 3 is 2.34 bits per heavy atom. The highest BCUT2D eigenvalue weighted by Gasteiger charge is 2.23. The largest absolute Gasteiger partial charge is 0.496 e. The van der Waals surface area contributed by atoms with Crippen molar-refractivity contribution in [3.05, 3.63) is 58.1 Å². The summed E-state index contributed by atoms with van der Waals surface area (Å²) < 4.78 is 16.0. The SMILES string of the molecule is CCN(Cc1nc2ccccc2c(=O)[nH]1)C(=O)c1cc(OC)c(OC)cc1OC. The van der Waals surface area contributed by atoms with Gasteiger partial charge in [0.25, 0.3) is 11.5 Å². The molecule has 0 radical (unpaired) electrons. The first-order valence-corrected chi connectivity index (χ1v) is 9.09. The Bertz CT molecular complexity index is 1090. The van der Waals surface area contributed by atoms with E-state index in [4.69, 9.17) is 14.2 Å². The smallest absolute Gasteiger partial charge is 0.258 e. The Morgan fingerprint density at radius 1 is 1.03 bits per heavy atom. The number of methoxy groups -OCH3 is 3. The van der Waals surface area contributed by atoms with Gasteiger partial charge in [-0.15, -0.1) is 0 Å². The topological polar surface area (TPSA) is 93.8 Å². The van der Waals surface area contributed by atoms with Crippen LogP contribution in [0.2, 0.25) is 0 Å². The lowest BCUT2D eigenvalue weighted by Gasteiger charge is -2.22. The maximum Gasteiger partial charge on any atom is 0.258 e. The van der Waals surface area contributed by atoms with Gasteiger partial charge in [-0.25, -0.2) is 4.98 Å². The molecule has 0 unspecified atom stereocenters. The standard InChI is InChI=1S/C21H23N3O5/c1-5-24(12-19-22-15-9-7-6-8-13(15)20(25)23-19)21(26)14-10-17(28-3)18(29-4)11-16(14)27-2/h6-11H,5,12H2,1-4H3,(H,22,23,25). The molecule has 0 aliphatic heterocycles. The summed E-state index contributed by atoms with van der Waals surface area (Å²) in [6.45, 7) is 2.41. The Kier molecular flexibility index (Phi) is 6.01. The average Bonchev–Trinajstić information content (AvgIpc) is 2.76. The summed E-state index contributed by atoms with van der Waals surface area (Å²) in [5.74, 6) is 1.38. The number of para-hydroxylation sites is 1. The van der Waals surface area contributed by atoms with Crippen LogP contribution in [-0.4, -0.2) is 48.6 Å². The van der Waals surface area contributed by atoms with Crippen LogP contribution >= 0.6 is 0 Å². The van der Waals surface area contributed by atoms with E-state index in [1.165, 1.54) is 21.3 Å². The summed E-state index contributed by atoms with van der Waals surface area (Å²) in [7, 11) is 4.50. The fraction of sp³-hybridized carbons (Fsp3) is 0.286. The predicted molar refractivity (Wildman–Crippen MR) is 109 cm³/mol. The molecule has 29 heavy (non-hydrogen) atoms. The summed E-state index contributed by atoms with van der Waals surface area (Å²) in [5.41, 5.74) is 0.673. The molecule has 0 saturated heterocycles. The van der Waals surface area contributed by atoms with E-state index in [9.17, 15) is 9.59 Å². The normalized spacial score (nSPS) is 10.6. The third-order valence-corrected chi connectivity index (χ3v) is 4.61.